The van der Waals surface area contributed by atoms with Crippen LogP contribution in [-0.4, -0.2) is 31.7 Å². The van der Waals surface area contributed by atoms with E-state index in [4.69, 9.17) is 0 Å². The molecule has 0 radical (unpaired) electrons. The number of aromatic nitrogens is 4. The van der Waals surface area contributed by atoms with E-state index in [0.29, 0.717) is 0 Å². The maximum atomic E-state index is 4.48. The summed E-state index contributed by atoms with van der Waals surface area (Å²) in [5.74, 6) is 0. The van der Waals surface area contributed by atoms with Gasteiger partial charge in [0.2, 0.25) is 0 Å². The molecule has 0 amide bonds. The van der Waals surface area contributed by atoms with E-state index in [1.165, 1.54) is 11.1 Å². The summed E-state index contributed by atoms with van der Waals surface area (Å²) in [6, 6.07) is 16.6. The molecule has 0 spiro atoms. The fourth-order valence-electron chi connectivity index (χ4n) is 3.01. The molecular weight excluding hydrogens is 310 g/mol. The fourth-order valence-corrected chi connectivity index (χ4v) is 3.01. The van der Waals surface area contributed by atoms with Gasteiger partial charge in [0, 0.05) is 37.9 Å². The molecule has 0 saturated carbocycles. The molecule has 0 atom stereocenters. The van der Waals surface area contributed by atoms with Gasteiger partial charge in [-0.15, -0.1) is 0 Å². The van der Waals surface area contributed by atoms with E-state index in [-0.39, 0.29) is 0 Å². The molecule has 0 unspecified atom stereocenters. The normalized spacial score (nSPS) is 11.3. The molecule has 0 N–H and O–H groups in total. The minimum absolute atomic E-state index is 0.830. The van der Waals surface area contributed by atoms with Gasteiger partial charge >= 0.3 is 0 Å². The third-order valence-electron chi connectivity index (χ3n) is 4.18. The van der Waals surface area contributed by atoms with Crippen molar-refractivity contribution in [1.29, 1.82) is 0 Å². The Labute approximate surface area is 146 Å². The van der Waals surface area contributed by atoms with Crippen LogP contribution in [0.3, 0.4) is 0 Å². The second-order valence-electron chi connectivity index (χ2n) is 6.13. The lowest BCUT2D eigenvalue weighted by atomic mass is 10.1. The maximum Gasteiger partial charge on any atom is 0.0931 e. The van der Waals surface area contributed by atoms with Crippen LogP contribution in [0.5, 0.6) is 0 Å². The van der Waals surface area contributed by atoms with Gasteiger partial charge in [-0.25, -0.2) is 4.68 Å². The molecule has 0 aliphatic rings. The molecule has 0 saturated heterocycles. The summed E-state index contributed by atoms with van der Waals surface area (Å²) in [5, 5.41) is 4.26. The van der Waals surface area contributed by atoms with Crippen LogP contribution in [0.4, 0.5) is 0 Å². The average Bonchev–Trinajstić information content (AvgIpc) is 3.17. The third-order valence-corrected chi connectivity index (χ3v) is 4.18. The van der Waals surface area contributed by atoms with E-state index in [1.807, 2.05) is 29.1 Å². The van der Waals surface area contributed by atoms with E-state index in [1.54, 1.807) is 18.6 Å². The smallest absolute Gasteiger partial charge is 0.0931 e. The number of benzene rings is 2. The summed E-state index contributed by atoms with van der Waals surface area (Å²) >= 11 is 0. The molecular formula is C20H19N5. The highest BCUT2D eigenvalue weighted by Gasteiger charge is 2.07. The Balaban J connectivity index is 1.47. The lowest BCUT2D eigenvalue weighted by molar-refractivity contribution is 0.320. The van der Waals surface area contributed by atoms with Crippen LogP contribution >= 0.6 is 0 Å². The molecule has 0 aliphatic carbocycles. The topological polar surface area (TPSA) is 46.8 Å². The highest BCUT2D eigenvalue weighted by molar-refractivity contribution is 5.77. The average molecular weight is 329 g/mol. The van der Waals surface area contributed by atoms with Crippen LogP contribution in [0.1, 0.15) is 11.1 Å². The van der Waals surface area contributed by atoms with Gasteiger partial charge in [0.25, 0.3) is 0 Å². The van der Waals surface area contributed by atoms with E-state index >= 15 is 0 Å². The molecule has 0 fully saturated rings. The Morgan fingerprint density at radius 2 is 1.72 bits per heavy atom. The molecule has 5 heteroatoms. The minimum Gasteiger partial charge on any atom is -0.298 e. The van der Waals surface area contributed by atoms with Gasteiger partial charge in [-0.05, 0) is 42.4 Å². The van der Waals surface area contributed by atoms with Crippen LogP contribution in [0, 0.1) is 0 Å². The Morgan fingerprint density at radius 3 is 2.52 bits per heavy atom. The zero-order valence-corrected chi connectivity index (χ0v) is 14.1. The standard InChI is InChI=1S/C20H19N5/c1-24(15-17-4-2-5-19-20(17)22-12-11-21-19)14-16-6-8-18(9-7-16)25-13-3-10-23-25/h2-13H,14-15H2,1H3. The van der Waals surface area contributed by atoms with Crippen molar-refractivity contribution < 1.29 is 0 Å². The van der Waals surface area contributed by atoms with E-state index < -0.39 is 0 Å². The van der Waals surface area contributed by atoms with E-state index in [0.717, 1.165) is 29.8 Å². The largest absolute Gasteiger partial charge is 0.298 e. The van der Waals surface area contributed by atoms with Crippen LogP contribution in [0.2, 0.25) is 0 Å². The number of para-hydroxylation sites is 1. The molecule has 2 aromatic heterocycles. The summed E-state index contributed by atoms with van der Waals surface area (Å²) in [5.41, 5.74) is 5.45. The first-order chi connectivity index (χ1) is 12.3. The van der Waals surface area contributed by atoms with Crippen LogP contribution < -0.4 is 0 Å². The lowest BCUT2D eigenvalue weighted by Crippen LogP contribution is -2.17. The van der Waals surface area contributed by atoms with Crippen molar-refractivity contribution in [3.63, 3.8) is 0 Å². The van der Waals surface area contributed by atoms with Gasteiger partial charge in [-0.3, -0.25) is 14.9 Å². The summed E-state index contributed by atoms with van der Waals surface area (Å²) in [6.07, 6.45) is 7.22. The minimum atomic E-state index is 0.830. The van der Waals surface area contributed by atoms with Crippen molar-refractivity contribution >= 4 is 11.0 Å². The zero-order valence-electron chi connectivity index (χ0n) is 14.1. The molecule has 2 aromatic carbocycles. The number of nitrogens with zero attached hydrogens (tertiary/aromatic N) is 5. The molecule has 0 bridgehead atoms. The first kappa shape index (κ1) is 15.5. The molecule has 0 aliphatic heterocycles. The molecule has 2 heterocycles. The van der Waals surface area contributed by atoms with Crippen molar-refractivity contribution in [2.45, 2.75) is 13.1 Å². The monoisotopic (exact) mass is 329 g/mol. The van der Waals surface area contributed by atoms with Crippen molar-refractivity contribution in [2.24, 2.45) is 0 Å². The van der Waals surface area contributed by atoms with Crippen molar-refractivity contribution in [3.05, 3.63) is 84.4 Å². The zero-order chi connectivity index (χ0) is 17.1. The number of fused-ring (bicyclic) bond motifs is 1. The number of hydrogen-bond acceptors (Lipinski definition) is 4. The van der Waals surface area contributed by atoms with Gasteiger partial charge in [0.05, 0.1) is 16.7 Å². The van der Waals surface area contributed by atoms with Crippen molar-refractivity contribution in [2.75, 3.05) is 7.05 Å². The summed E-state index contributed by atoms with van der Waals surface area (Å²) in [7, 11) is 2.12. The van der Waals surface area contributed by atoms with Crippen molar-refractivity contribution in [3.8, 4) is 5.69 Å². The predicted octanol–water partition coefficient (Wildman–Crippen LogP) is 3.45. The Hall–Kier alpha value is -3.05. The third kappa shape index (κ3) is 3.41. The second-order valence-corrected chi connectivity index (χ2v) is 6.13. The summed E-state index contributed by atoms with van der Waals surface area (Å²) < 4.78 is 1.86. The Morgan fingerprint density at radius 1 is 0.880 bits per heavy atom. The van der Waals surface area contributed by atoms with Crippen LogP contribution in [0.15, 0.2) is 73.3 Å². The van der Waals surface area contributed by atoms with E-state index in [9.17, 15) is 0 Å². The van der Waals surface area contributed by atoms with Crippen LogP contribution in [0.25, 0.3) is 16.7 Å². The SMILES string of the molecule is CN(Cc1ccc(-n2cccn2)cc1)Cc1cccc2nccnc12. The van der Waals surface area contributed by atoms with Crippen LogP contribution in [-0.2, 0) is 13.1 Å². The number of rotatable bonds is 5. The van der Waals surface area contributed by atoms with Gasteiger partial charge in [0.15, 0.2) is 0 Å². The lowest BCUT2D eigenvalue weighted by Gasteiger charge is -2.18. The molecule has 5 nitrogen and oxygen atoms in total. The highest BCUT2D eigenvalue weighted by Crippen LogP contribution is 2.17. The molecule has 25 heavy (non-hydrogen) atoms. The van der Waals surface area contributed by atoms with Gasteiger partial charge in [-0.1, -0.05) is 24.3 Å². The summed E-state index contributed by atoms with van der Waals surface area (Å²) in [4.78, 5) is 11.1. The summed E-state index contributed by atoms with van der Waals surface area (Å²) in [6.45, 7) is 1.70. The van der Waals surface area contributed by atoms with Gasteiger partial charge in [0.1, 0.15) is 0 Å². The Bertz CT molecular complexity index is 956. The first-order valence-corrected chi connectivity index (χ1v) is 8.26. The molecule has 4 rings (SSSR count). The first-order valence-electron chi connectivity index (χ1n) is 8.26. The van der Waals surface area contributed by atoms with E-state index in [2.05, 4.69) is 57.3 Å². The number of hydrogen-bond donors (Lipinski definition) is 0. The predicted molar refractivity (Wildman–Crippen MR) is 98.3 cm³/mol. The Kier molecular flexibility index (Phi) is 4.23. The molecule has 4 aromatic rings. The van der Waals surface area contributed by atoms with Gasteiger partial charge < -0.3 is 0 Å². The van der Waals surface area contributed by atoms with Gasteiger partial charge in [-0.2, -0.15) is 5.10 Å². The quantitative estimate of drug-likeness (QED) is 0.563. The second kappa shape index (κ2) is 6.83. The molecule has 124 valence electrons. The highest BCUT2D eigenvalue weighted by atomic mass is 15.3. The fraction of sp³-hybridized carbons (Fsp3) is 0.150. The maximum absolute atomic E-state index is 4.48. The van der Waals surface area contributed by atoms with Crippen molar-refractivity contribution in [1.82, 2.24) is 24.6 Å².